The van der Waals surface area contributed by atoms with Gasteiger partial charge >= 0.3 is 0 Å². The number of nitrogens with zero attached hydrogens (tertiary/aromatic N) is 3. The second-order valence-corrected chi connectivity index (χ2v) is 4.39. The predicted octanol–water partition coefficient (Wildman–Crippen LogP) is 2.76. The number of carbonyl (C=O) groups is 1. The summed E-state index contributed by atoms with van der Waals surface area (Å²) in [5.74, 6) is 0.667. The molecule has 5 heteroatoms. The van der Waals surface area contributed by atoms with Crippen molar-refractivity contribution in [2.24, 2.45) is 0 Å². The van der Waals surface area contributed by atoms with Gasteiger partial charge in [-0.15, -0.1) is 5.10 Å². The topological polar surface area (TPSA) is 57.0 Å². The van der Waals surface area contributed by atoms with E-state index in [1.807, 2.05) is 54.6 Å². The van der Waals surface area contributed by atoms with Crippen molar-refractivity contribution in [1.29, 1.82) is 0 Å². The zero-order valence-electron chi connectivity index (χ0n) is 11.4. The summed E-state index contributed by atoms with van der Waals surface area (Å²) in [6.45, 7) is 0. The Morgan fingerprint density at radius 3 is 2.48 bits per heavy atom. The normalized spacial score (nSPS) is 10.3. The van der Waals surface area contributed by atoms with Gasteiger partial charge in [-0.3, -0.25) is 4.79 Å². The second kappa shape index (κ2) is 5.58. The highest BCUT2D eigenvalue weighted by atomic mass is 16.5. The van der Waals surface area contributed by atoms with Crippen molar-refractivity contribution in [2.75, 3.05) is 7.11 Å². The molecule has 0 N–H and O–H groups in total. The largest absolute Gasteiger partial charge is 0.496 e. The third-order valence-electron chi connectivity index (χ3n) is 3.17. The quantitative estimate of drug-likeness (QED) is 0.689. The van der Waals surface area contributed by atoms with E-state index in [1.54, 1.807) is 11.8 Å². The lowest BCUT2D eigenvalue weighted by molar-refractivity contribution is 0.111. The number of benzene rings is 2. The highest BCUT2D eigenvalue weighted by molar-refractivity contribution is 5.85. The lowest BCUT2D eigenvalue weighted by Crippen LogP contribution is -2.01. The summed E-state index contributed by atoms with van der Waals surface area (Å²) in [5, 5.41) is 8.04. The van der Waals surface area contributed by atoms with Crippen molar-refractivity contribution in [3.05, 3.63) is 60.3 Å². The number of para-hydroxylation sites is 2. The first-order valence-electron chi connectivity index (χ1n) is 6.45. The number of hydrogen-bond acceptors (Lipinski definition) is 4. The Morgan fingerprint density at radius 1 is 1.05 bits per heavy atom. The maximum absolute atomic E-state index is 11.3. The first kappa shape index (κ1) is 13.1. The molecule has 2 aromatic carbocycles. The molecule has 0 saturated carbocycles. The summed E-state index contributed by atoms with van der Waals surface area (Å²) in [6, 6.07) is 17.0. The summed E-state index contributed by atoms with van der Waals surface area (Å²) in [6.07, 6.45) is 0.703. The molecule has 21 heavy (non-hydrogen) atoms. The van der Waals surface area contributed by atoms with Crippen molar-refractivity contribution >= 4 is 6.29 Å². The highest BCUT2D eigenvalue weighted by Gasteiger charge is 2.18. The van der Waals surface area contributed by atoms with Crippen LogP contribution in [0.4, 0.5) is 0 Å². The van der Waals surface area contributed by atoms with Crippen LogP contribution in [0.5, 0.6) is 5.75 Å². The summed E-state index contributed by atoms with van der Waals surface area (Å²) < 4.78 is 7.02. The van der Waals surface area contributed by atoms with E-state index in [4.69, 9.17) is 4.74 Å². The number of hydrogen-bond donors (Lipinski definition) is 0. The minimum Gasteiger partial charge on any atom is -0.496 e. The average Bonchev–Trinajstić information content (AvgIpc) is 2.99. The van der Waals surface area contributed by atoms with E-state index < -0.39 is 0 Å². The average molecular weight is 279 g/mol. The molecule has 0 amide bonds. The van der Waals surface area contributed by atoms with Gasteiger partial charge in [0, 0.05) is 5.56 Å². The van der Waals surface area contributed by atoms with Crippen molar-refractivity contribution in [2.45, 2.75) is 0 Å². The fourth-order valence-electron chi connectivity index (χ4n) is 2.22. The molecule has 0 aliphatic heterocycles. The van der Waals surface area contributed by atoms with E-state index in [0.29, 0.717) is 17.7 Å². The fraction of sp³-hybridized carbons (Fsp3) is 0.0625. The van der Waals surface area contributed by atoms with E-state index in [2.05, 4.69) is 10.3 Å². The SMILES string of the molecule is COc1ccccc1-c1c(C=O)nnn1-c1ccccc1. The first-order chi connectivity index (χ1) is 10.3. The van der Waals surface area contributed by atoms with Crippen molar-refractivity contribution in [1.82, 2.24) is 15.0 Å². The Kier molecular flexibility index (Phi) is 3.47. The lowest BCUT2D eigenvalue weighted by atomic mass is 10.1. The Balaban J connectivity index is 2.26. The molecule has 0 atom stereocenters. The lowest BCUT2D eigenvalue weighted by Gasteiger charge is -2.10. The van der Waals surface area contributed by atoms with Crippen LogP contribution >= 0.6 is 0 Å². The number of carbonyl (C=O) groups excluding carboxylic acids is 1. The molecule has 0 bridgehead atoms. The molecule has 3 rings (SSSR count). The summed E-state index contributed by atoms with van der Waals surface area (Å²) in [5.41, 5.74) is 2.51. The summed E-state index contributed by atoms with van der Waals surface area (Å²) in [7, 11) is 1.59. The van der Waals surface area contributed by atoms with Gasteiger partial charge in [0.25, 0.3) is 0 Å². The maximum Gasteiger partial charge on any atom is 0.172 e. The van der Waals surface area contributed by atoms with E-state index >= 15 is 0 Å². The molecule has 0 saturated heterocycles. The molecule has 0 fully saturated rings. The van der Waals surface area contributed by atoms with Crippen molar-refractivity contribution < 1.29 is 9.53 Å². The van der Waals surface area contributed by atoms with Gasteiger partial charge in [0.05, 0.1) is 12.8 Å². The van der Waals surface area contributed by atoms with Crippen LogP contribution in [0.25, 0.3) is 16.9 Å². The second-order valence-electron chi connectivity index (χ2n) is 4.39. The molecule has 0 aliphatic carbocycles. The molecule has 0 spiro atoms. The Hall–Kier alpha value is -2.95. The van der Waals surface area contributed by atoms with Gasteiger partial charge in [-0.05, 0) is 24.3 Å². The van der Waals surface area contributed by atoms with Gasteiger partial charge in [0.2, 0.25) is 0 Å². The minimum atomic E-state index is 0.281. The molecule has 1 heterocycles. The number of aromatic nitrogens is 3. The number of aldehydes is 1. The van der Waals surface area contributed by atoms with Gasteiger partial charge in [0.15, 0.2) is 12.0 Å². The summed E-state index contributed by atoms with van der Waals surface area (Å²) >= 11 is 0. The molecular weight excluding hydrogens is 266 g/mol. The number of methoxy groups -OCH3 is 1. The van der Waals surface area contributed by atoms with Gasteiger partial charge < -0.3 is 4.74 Å². The van der Waals surface area contributed by atoms with E-state index in [-0.39, 0.29) is 5.69 Å². The fourth-order valence-corrected chi connectivity index (χ4v) is 2.22. The molecule has 104 valence electrons. The Bertz CT molecular complexity index is 766. The van der Waals surface area contributed by atoms with Crippen LogP contribution in [0.15, 0.2) is 54.6 Å². The molecular formula is C16H13N3O2. The number of rotatable bonds is 4. The highest BCUT2D eigenvalue weighted by Crippen LogP contribution is 2.32. The maximum atomic E-state index is 11.3. The zero-order valence-corrected chi connectivity index (χ0v) is 11.4. The van der Waals surface area contributed by atoms with Gasteiger partial charge in [-0.25, -0.2) is 4.68 Å². The molecule has 5 nitrogen and oxygen atoms in total. The van der Waals surface area contributed by atoms with Crippen LogP contribution in [0, 0.1) is 0 Å². The minimum absolute atomic E-state index is 0.281. The van der Waals surface area contributed by atoms with Gasteiger partial charge in [0.1, 0.15) is 11.4 Å². The molecule has 1 aromatic heterocycles. The van der Waals surface area contributed by atoms with Crippen LogP contribution < -0.4 is 4.74 Å². The van der Waals surface area contributed by atoms with E-state index in [0.717, 1.165) is 11.3 Å². The first-order valence-corrected chi connectivity index (χ1v) is 6.45. The van der Waals surface area contributed by atoms with Crippen LogP contribution in [0.3, 0.4) is 0 Å². The van der Waals surface area contributed by atoms with Gasteiger partial charge in [-0.2, -0.15) is 0 Å². The Morgan fingerprint density at radius 2 is 1.76 bits per heavy atom. The van der Waals surface area contributed by atoms with Crippen molar-refractivity contribution in [3.63, 3.8) is 0 Å². The molecule has 3 aromatic rings. The van der Waals surface area contributed by atoms with Crippen LogP contribution in [-0.2, 0) is 0 Å². The molecule has 0 aliphatic rings. The van der Waals surface area contributed by atoms with E-state index in [1.165, 1.54) is 0 Å². The van der Waals surface area contributed by atoms with Crippen molar-refractivity contribution in [3.8, 4) is 22.7 Å². The summed E-state index contributed by atoms with van der Waals surface area (Å²) in [4.78, 5) is 11.3. The third-order valence-corrected chi connectivity index (χ3v) is 3.17. The monoisotopic (exact) mass is 279 g/mol. The molecule has 0 unspecified atom stereocenters. The predicted molar refractivity (Wildman–Crippen MR) is 78.7 cm³/mol. The third kappa shape index (κ3) is 2.29. The molecule has 0 radical (unpaired) electrons. The standard InChI is InChI=1S/C16H13N3O2/c1-21-15-10-6-5-9-13(15)16-14(11-20)17-18-19(16)12-7-3-2-4-8-12/h2-11H,1H3. The van der Waals surface area contributed by atoms with E-state index in [9.17, 15) is 4.79 Å². The number of ether oxygens (including phenoxy) is 1. The smallest absolute Gasteiger partial charge is 0.172 e. The Labute approximate surface area is 121 Å². The van der Waals surface area contributed by atoms with Gasteiger partial charge in [-0.1, -0.05) is 35.5 Å². The van der Waals surface area contributed by atoms with Crippen LogP contribution in [-0.4, -0.2) is 28.4 Å². The zero-order chi connectivity index (χ0) is 14.7. The van der Waals surface area contributed by atoms with Crippen LogP contribution in [0.2, 0.25) is 0 Å². The van der Waals surface area contributed by atoms with Crippen LogP contribution in [0.1, 0.15) is 10.5 Å².